The Morgan fingerprint density at radius 2 is 1.92 bits per heavy atom. The van der Waals surface area contributed by atoms with Crippen LogP contribution in [0.25, 0.3) is 0 Å². The van der Waals surface area contributed by atoms with Gasteiger partial charge in [-0.25, -0.2) is 4.79 Å². The number of amides is 4. The van der Waals surface area contributed by atoms with Crippen molar-refractivity contribution in [2.24, 2.45) is 0 Å². The van der Waals surface area contributed by atoms with E-state index in [-0.39, 0.29) is 18.4 Å². The summed E-state index contributed by atoms with van der Waals surface area (Å²) in [7, 11) is 1.67. The molecule has 1 unspecified atom stereocenters. The fraction of sp³-hybridized carbons (Fsp3) is 0.316. The Kier molecular flexibility index (Phi) is 5.08. The quantitative estimate of drug-likeness (QED) is 0.794. The number of carbonyl (C=O) groups is 3. The number of nitrogens with one attached hydrogen (secondary N) is 1. The molecule has 3 rings (SSSR count). The van der Waals surface area contributed by atoms with Gasteiger partial charge in [-0.3, -0.25) is 14.5 Å². The maximum Gasteiger partial charge on any atom is 0.325 e. The van der Waals surface area contributed by atoms with E-state index in [4.69, 9.17) is 0 Å². The Labute approximate surface area is 156 Å². The van der Waals surface area contributed by atoms with Gasteiger partial charge in [0.1, 0.15) is 12.1 Å². The van der Waals surface area contributed by atoms with Gasteiger partial charge in [0, 0.05) is 11.9 Å². The van der Waals surface area contributed by atoms with Crippen LogP contribution in [0.4, 0.5) is 4.79 Å². The Bertz CT molecular complexity index is 807. The smallest absolute Gasteiger partial charge is 0.325 e. The van der Waals surface area contributed by atoms with Crippen molar-refractivity contribution < 1.29 is 14.4 Å². The number of carbonyl (C=O) groups excluding carboxylic acids is 3. The maximum atomic E-state index is 13.0. The van der Waals surface area contributed by atoms with Crippen LogP contribution in [0, 0.1) is 0 Å². The van der Waals surface area contributed by atoms with Crippen LogP contribution >= 0.6 is 11.3 Å². The van der Waals surface area contributed by atoms with Crippen molar-refractivity contribution in [2.75, 3.05) is 13.6 Å². The van der Waals surface area contributed by atoms with Crippen molar-refractivity contribution in [3.05, 3.63) is 58.3 Å². The molecule has 1 aliphatic heterocycles. The summed E-state index contributed by atoms with van der Waals surface area (Å²) < 4.78 is 0. The van der Waals surface area contributed by atoms with Crippen LogP contribution in [0.1, 0.15) is 23.8 Å². The van der Waals surface area contributed by atoms with E-state index in [1.165, 1.54) is 4.90 Å². The molecule has 1 aromatic heterocycles. The molecule has 1 atom stereocenters. The summed E-state index contributed by atoms with van der Waals surface area (Å²) >= 11 is 1.56. The first-order chi connectivity index (χ1) is 12.5. The molecular weight excluding hydrogens is 350 g/mol. The molecule has 136 valence electrons. The Balaban J connectivity index is 1.75. The molecule has 1 aromatic carbocycles. The van der Waals surface area contributed by atoms with Crippen LogP contribution in [0.3, 0.4) is 0 Å². The van der Waals surface area contributed by atoms with E-state index in [0.29, 0.717) is 13.0 Å². The molecule has 0 saturated carbocycles. The molecule has 2 aromatic rings. The van der Waals surface area contributed by atoms with Crippen molar-refractivity contribution in [2.45, 2.75) is 25.4 Å². The molecule has 0 aliphatic carbocycles. The molecule has 0 spiro atoms. The second kappa shape index (κ2) is 7.29. The summed E-state index contributed by atoms with van der Waals surface area (Å²) in [5, 5.41) is 4.74. The fourth-order valence-electron chi connectivity index (χ4n) is 3.11. The Morgan fingerprint density at radius 1 is 1.19 bits per heavy atom. The van der Waals surface area contributed by atoms with Crippen LogP contribution < -0.4 is 5.32 Å². The number of hydrogen-bond donors (Lipinski definition) is 1. The number of urea groups is 1. The minimum Gasteiger partial charge on any atom is -0.339 e. The largest absolute Gasteiger partial charge is 0.339 e. The van der Waals surface area contributed by atoms with Gasteiger partial charge in [0.15, 0.2) is 0 Å². The van der Waals surface area contributed by atoms with Crippen LogP contribution in [-0.2, 0) is 21.7 Å². The van der Waals surface area contributed by atoms with E-state index in [0.717, 1.165) is 15.3 Å². The second-order valence-corrected chi connectivity index (χ2v) is 7.31. The molecule has 1 aliphatic rings. The molecular formula is C19H21N3O3S. The van der Waals surface area contributed by atoms with E-state index in [2.05, 4.69) is 5.32 Å². The number of nitrogens with zero attached hydrogens (tertiary/aromatic N) is 2. The van der Waals surface area contributed by atoms with Crippen molar-refractivity contribution >= 4 is 29.2 Å². The molecule has 26 heavy (non-hydrogen) atoms. The van der Waals surface area contributed by atoms with Gasteiger partial charge in [-0.05, 0) is 23.4 Å². The first-order valence-corrected chi connectivity index (χ1v) is 9.32. The summed E-state index contributed by atoms with van der Waals surface area (Å²) in [4.78, 5) is 41.6. The zero-order valence-electron chi connectivity index (χ0n) is 14.8. The van der Waals surface area contributed by atoms with Crippen molar-refractivity contribution in [1.29, 1.82) is 0 Å². The third-order valence-electron chi connectivity index (χ3n) is 4.66. The topological polar surface area (TPSA) is 69.7 Å². The standard InChI is InChI=1S/C19H21N3O3S/c1-3-19(14-8-5-4-6-9-14)17(24)22(18(25)20-19)13-16(23)21(2)12-15-10-7-11-26-15/h4-11H,3,12-13H2,1-2H3,(H,20,25). The number of rotatable bonds is 6. The van der Waals surface area contributed by atoms with Crippen molar-refractivity contribution in [3.8, 4) is 0 Å². The van der Waals surface area contributed by atoms with E-state index < -0.39 is 11.6 Å². The molecule has 1 saturated heterocycles. The summed E-state index contributed by atoms with van der Waals surface area (Å²) in [5.74, 6) is -0.657. The van der Waals surface area contributed by atoms with E-state index in [1.54, 1.807) is 18.4 Å². The average Bonchev–Trinajstić information content (AvgIpc) is 3.24. The molecule has 0 bridgehead atoms. The first-order valence-electron chi connectivity index (χ1n) is 8.44. The minimum atomic E-state index is -1.11. The average molecular weight is 371 g/mol. The number of hydrogen-bond acceptors (Lipinski definition) is 4. The van der Waals surface area contributed by atoms with E-state index >= 15 is 0 Å². The Morgan fingerprint density at radius 3 is 2.54 bits per heavy atom. The summed E-state index contributed by atoms with van der Waals surface area (Å²) in [6, 6.07) is 12.5. The van der Waals surface area contributed by atoms with Crippen LogP contribution in [-0.4, -0.2) is 41.2 Å². The molecule has 1 fully saturated rings. The van der Waals surface area contributed by atoms with E-state index in [9.17, 15) is 14.4 Å². The zero-order valence-corrected chi connectivity index (χ0v) is 15.6. The third-order valence-corrected chi connectivity index (χ3v) is 5.53. The third kappa shape index (κ3) is 3.22. The van der Waals surface area contributed by atoms with Gasteiger partial charge in [-0.1, -0.05) is 43.3 Å². The molecule has 4 amide bonds. The number of likely N-dealkylation sites (N-methyl/N-ethyl adjacent to an activating group) is 1. The van der Waals surface area contributed by atoms with Crippen LogP contribution in [0.15, 0.2) is 47.8 Å². The van der Waals surface area contributed by atoms with Crippen molar-refractivity contribution in [1.82, 2.24) is 15.1 Å². The fourth-order valence-corrected chi connectivity index (χ4v) is 3.87. The predicted molar refractivity (Wildman–Crippen MR) is 99.4 cm³/mol. The molecule has 2 heterocycles. The van der Waals surface area contributed by atoms with Gasteiger partial charge in [0.05, 0.1) is 6.54 Å². The molecule has 0 radical (unpaired) electrons. The minimum absolute atomic E-state index is 0.263. The second-order valence-electron chi connectivity index (χ2n) is 6.28. The van der Waals surface area contributed by atoms with Gasteiger partial charge in [-0.2, -0.15) is 0 Å². The maximum absolute atomic E-state index is 13.0. The monoisotopic (exact) mass is 371 g/mol. The summed E-state index contributed by atoms with van der Waals surface area (Å²) in [6.45, 7) is 2.04. The van der Waals surface area contributed by atoms with Gasteiger partial charge in [0.2, 0.25) is 5.91 Å². The van der Waals surface area contributed by atoms with Gasteiger partial charge in [-0.15, -0.1) is 11.3 Å². The zero-order chi connectivity index (χ0) is 18.7. The molecule has 1 N–H and O–H groups in total. The van der Waals surface area contributed by atoms with Gasteiger partial charge >= 0.3 is 6.03 Å². The first kappa shape index (κ1) is 18.1. The van der Waals surface area contributed by atoms with Gasteiger partial charge < -0.3 is 10.2 Å². The number of benzene rings is 1. The molecule has 7 heteroatoms. The number of thiophene rings is 1. The van der Waals surface area contributed by atoms with Gasteiger partial charge in [0.25, 0.3) is 5.91 Å². The molecule has 6 nitrogen and oxygen atoms in total. The summed E-state index contributed by atoms with van der Waals surface area (Å²) in [5.41, 5.74) is -0.381. The summed E-state index contributed by atoms with van der Waals surface area (Å²) in [6.07, 6.45) is 0.414. The highest BCUT2D eigenvalue weighted by molar-refractivity contribution is 7.09. The highest BCUT2D eigenvalue weighted by Crippen LogP contribution is 2.32. The number of imide groups is 1. The predicted octanol–water partition coefficient (Wildman–Crippen LogP) is 2.56. The Hall–Kier alpha value is -2.67. The van der Waals surface area contributed by atoms with Crippen LogP contribution in [0.2, 0.25) is 0 Å². The highest BCUT2D eigenvalue weighted by atomic mass is 32.1. The normalized spacial score (nSPS) is 19.5. The lowest BCUT2D eigenvalue weighted by molar-refractivity contribution is -0.138. The lowest BCUT2D eigenvalue weighted by Gasteiger charge is -2.26. The SMILES string of the molecule is CCC1(c2ccccc2)NC(=O)N(CC(=O)N(C)Cc2cccs2)C1=O. The van der Waals surface area contributed by atoms with Crippen LogP contribution in [0.5, 0.6) is 0 Å². The lowest BCUT2D eigenvalue weighted by Crippen LogP contribution is -2.45. The van der Waals surface area contributed by atoms with Crippen molar-refractivity contribution in [3.63, 3.8) is 0 Å². The lowest BCUT2D eigenvalue weighted by atomic mass is 9.87. The van der Waals surface area contributed by atoms with E-state index in [1.807, 2.05) is 54.8 Å². The highest BCUT2D eigenvalue weighted by Gasteiger charge is 2.51.